The van der Waals surface area contributed by atoms with E-state index in [4.69, 9.17) is 51.6 Å². The van der Waals surface area contributed by atoms with Crippen LogP contribution in [0.3, 0.4) is 0 Å². The first-order valence-electron chi connectivity index (χ1n) is 29.0. The van der Waals surface area contributed by atoms with Crippen LogP contribution in [0.2, 0.25) is 0 Å². The Balaban J connectivity index is 1.01. The summed E-state index contributed by atoms with van der Waals surface area (Å²) in [6.45, 7) is 10.4. The van der Waals surface area contributed by atoms with Crippen LogP contribution in [0.15, 0.2) is 11.6 Å². The molecule has 5 aliphatic heterocycles. The van der Waals surface area contributed by atoms with Gasteiger partial charge in [-0.25, -0.2) is 4.18 Å². The molecular formula is C54H88O28S. The van der Waals surface area contributed by atoms with E-state index in [1.54, 1.807) is 6.92 Å². The van der Waals surface area contributed by atoms with Crippen LogP contribution in [0.25, 0.3) is 0 Å². The van der Waals surface area contributed by atoms with Crippen LogP contribution in [0.1, 0.15) is 99.8 Å². The Morgan fingerprint density at radius 2 is 1.11 bits per heavy atom. The molecule has 5 saturated heterocycles. The Hall–Kier alpha value is -1.64. The van der Waals surface area contributed by atoms with Crippen molar-refractivity contribution in [2.24, 2.45) is 40.4 Å². The highest BCUT2D eigenvalue weighted by Crippen LogP contribution is 2.67. The fraction of sp³-hybridized carbons (Fsp3) is 0.944. The van der Waals surface area contributed by atoms with E-state index in [-0.39, 0.29) is 47.7 Å². The van der Waals surface area contributed by atoms with Crippen LogP contribution in [0.4, 0.5) is 0 Å². The number of allylic oxidation sites excluding steroid dienone is 2. The minimum Gasteiger partial charge on any atom is -0.394 e. The Morgan fingerprint density at radius 1 is 0.590 bits per heavy atom. The summed E-state index contributed by atoms with van der Waals surface area (Å²) >= 11 is 0. The third-order valence-electron chi connectivity index (χ3n) is 20.1. The van der Waals surface area contributed by atoms with Crippen molar-refractivity contribution in [1.29, 1.82) is 0 Å². The van der Waals surface area contributed by atoms with Gasteiger partial charge in [-0.1, -0.05) is 32.4 Å². The number of rotatable bonds is 17. The Labute approximate surface area is 481 Å². The van der Waals surface area contributed by atoms with Crippen molar-refractivity contribution in [3.63, 3.8) is 0 Å². The summed E-state index contributed by atoms with van der Waals surface area (Å²) in [5.41, 5.74) is 0.373. The second-order valence-corrected chi connectivity index (χ2v) is 26.4. The molecule has 0 bridgehead atoms. The fourth-order valence-electron chi connectivity index (χ4n) is 15.6. The summed E-state index contributed by atoms with van der Waals surface area (Å²) in [6.07, 6.45) is -39.2. The molecule has 3 saturated carbocycles. The van der Waals surface area contributed by atoms with Crippen molar-refractivity contribution >= 4 is 16.2 Å². The molecule has 34 unspecified atom stereocenters. The number of ether oxygens (including phenoxy) is 10. The maximum Gasteiger partial charge on any atom is 0.397 e. The van der Waals surface area contributed by atoms with Gasteiger partial charge in [-0.15, -0.1) is 0 Å². The highest BCUT2D eigenvalue weighted by atomic mass is 32.3. The number of carbonyl (C=O) groups is 1. The summed E-state index contributed by atoms with van der Waals surface area (Å²) in [5.74, 6) is 0.0138. The monoisotopic (exact) mass is 1220 g/mol. The zero-order valence-electron chi connectivity index (χ0n) is 47.5. The van der Waals surface area contributed by atoms with Crippen LogP contribution in [0.5, 0.6) is 0 Å². The lowest BCUT2D eigenvalue weighted by atomic mass is 9.47. The topological polar surface area (TPSA) is 436 Å². The van der Waals surface area contributed by atoms with E-state index < -0.39 is 201 Å². The molecule has 0 spiro atoms. The molecule has 478 valence electrons. The molecule has 8 fully saturated rings. The van der Waals surface area contributed by atoms with Crippen LogP contribution < -0.4 is 0 Å². The van der Waals surface area contributed by atoms with Gasteiger partial charge in [0, 0.05) is 6.42 Å². The van der Waals surface area contributed by atoms with E-state index in [1.165, 1.54) is 26.3 Å². The van der Waals surface area contributed by atoms with Gasteiger partial charge in [0.25, 0.3) is 0 Å². The fourth-order valence-corrected chi connectivity index (χ4v) is 16.1. The minimum atomic E-state index is -4.88. The number of hydrogen-bond acceptors (Lipinski definition) is 27. The molecule has 29 heteroatoms. The molecular weight excluding hydrogens is 1130 g/mol. The zero-order chi connectivity index (χ0) is 60.7. The van der Waals surface area contributed by atoms with Gasteiger partial charge in [0.2, 0.25) is 0 Å². The van der Waals surface area contributed by atoms with Crippen LogP contribution in [-0.2, 0) is 66.7 Å². The highest BCUT2D eigenvalue weighted by molar-refractivity contribution is 7.80. The van der Waals surface area contributed by atoms with E-state index >= 15 is 0 Å². The van der Waals surface area contributed by atoms with Gasteiger partial charge in [-0.3, -0.25) is 4.55 Å². The molecule has 83 heavy (non-hydrogen) atoms. The van der Waals surface area contributed by atoms with Crippen LogP contribution >= 0.6 is 0 Å². The molecule has 4 aliphatic carbocycles. The second kappa shape index (κ2) is 25.7. The van der Waals surface area contributed by atoms with Crippen LogP contribution in [-0.4, -0.2) is 264 Å². The molecule has 0 aromatic carbocycles. The summed E-state index contributed by atoms with van der Waals surface area (Å²) < 4.78 is 100. The Morgan fingerprint density at radius 3 is 1.69 bits per heavy atom. The summed E-state index contributed by atoms with van der Waals surface area (Å²) in [4.78, 5) is 12.4. The molecule has 34 atom stereocenters. The predicted molar refractivity (Wildman–Crippen MR) is 276 cm³/mol. The van der Waals surface area contributed by atoms with Crippen molar-refractivity contribution in [3.05, 3.63) is 11.6 Å². The molecule has 0 aromatic rings. The zero-order valence-corrected chi connectivity index (χ0v) is 48.3. The number of ketones is 1. The number of carbonyl (C=O) groups excluding carboxylic acids is 1. The Kier molecular flexibility index (Phi) is 20.4. The van der Waals surface area contributed by atoms with Gasteiger partial charge in [0.1, 0.15) is 110 Å². The van der Waals surface area contributed by atoms with Gasteiger partial charge in [0.05, 0.1) is 43.7 Å². The highest BCUT2D eigenvalue weighted by Gasteiger charge is 2.63. The summed E-state index contributed by atoms with van der Waals surface area (Å²) in [6, 6.07) is 0. The van der Waals surface area contributed by atoms with Gasteiger partial charge in [0.15, 0.2) is 31.5 Å². The molecule has 5 heterocycles. The molecule has 14 N–H and O–H groups in total. The number of fused-ring (bicyclic) bond motifs is 5. The maximum absolute atomic E-state index is 12.5. The van der Waals surface area contributed by atoms with Crippen molar-refractivity contribution in [2.45, 2.75) is 266 Å². The molecule has 0 radical (unpaired) electrons. The van der Waals surface area contributed by atoms with E-state index in [1.807, 2.05) is 0 Å². The first-order chi connectivity index (χ1) is 38.9. The van der Waals surface area contributed by atoms with E-state index in [2.05, 4.69) is 26.8 Å². The lowest BCUT2D eigenvalue weighted by Crippen LogP contribution is -2.68. The quantitative estimate of drug-likeness (QED) is 0.0497. The maximum atomic E-state index is 12.5. The van der Waals surface area contributed by atoms with Crippen molar-refractivity contribution in [2.75, 3.05) is 13.2 Å². The first-order valence-corrected chi connectivity index (χ1v) is 30.4. The first kappa shape index (κ1) is 65.8. The van der Waals surface area contributed by atoms with Crippen LogP contribution in [0, 0.1) is 40.4 Å². The third kappa shape index (κ3) is 12.8. The predicted octanol–water partition coefficient (Wildman–Crippen LogP) is -3.46. The van der Waals surface area contributed by atoms with Crippen molar-refractivity contribution in [3.8, 4) is 0 Å². The van der Waals surface area contributed by atoms with Gasteiger partial charge in [-0.05, 0) is 113 Å². The minimum absolute atomic E-state index is 0.0755. The van der Waals surface area contributed by atoms with E-state index in [0.717, 1.165) is 19.3 Å². The number of aliphatic hydroxyl groups excluding tert-OH is 13. The Bertz CT molecular complexity index is 2360. The van der Waals surface area contributed by atoms with Gasteiger partial charge >= 0.3 is 10.4 Å². The molecule has 9 aliphatic rings. The SMILES string of the molecule is CC(=O)CC(C)C1CCC2C3CC(OC4OC(CO)C(O)C(OC5OC(C)C(OC6OC(CO)C(O)C(O)C6OC6OC(C)C(O)C(O)C6O)C(O)C5OC5OC(C)C(O)C(O)C5O)C4O)C4CC(OS(=O)(=O)O)CCC4(C)C3=CCC12C. The normalized spacial score (nSPS) is 52.6. The smallest absolute Gasteiger partial charge is 0.394 e. The van der Waals surface area contributed by atoms with E-state index in [9.17, 15) is 84.1 Å². The molecule has 9 rings (SSSR count). The number of aliphatic hydroxyl groups is 13. The molecule has 0 amide bonds. The van der Waals surface area contributed by atoms with Crippen molar-refractivity contribution in [1.82, 2.24) is 0 Å². The van der Waals surface area contributed by atoms with Gasteiger partial charge < -0.3 is 119 Å². The number of hydrogen-bond donors (Lipinski definition) is 14. The second-order valence-electron chi connectivity index (χ2n) is 25.4. The van der Waals surface area contributed by atoms with Crippen molar-refractivity contribution < 1.29 is 136 Å². The summed E-state index contributed by atoms with van der Waals surface area (Å²) in [5, 5.41) is 144. The van der Waals surface area contributed by atoms with E-state index in [0.29, 0.717) is 19.3 Å². The average molecular weight is 1220 g/mol. The average Bonchev–Trinajstić information content (AvgIpc) is 1.94. The molecule has 0 aromatic heterocycles. The standard InChI is InChI=1S/C54H88O28S/c1-19(14-20(2)57)26-8-9-27-25-16-30(29-15-24(82-83(69,70)71)10-12-54(29,7)28(25)11-13-53(26,27)6)75-50-43(68)45(36(61)32(18-56)76-50)79-51-47(81-49-41(66)38(63)34(59)22(4)73-49)42(67)44(23(5)74-51)78-52-46(39(64)35(60)31(17-55)77-52)80-48-40(65)37(62)33(58)21(3)72-48/h11,19,21-27,29-52,55-56,58-68H,8-10,12-18H2,1-7H3,(H,69,70,71). The lowest BCUT2D eigenvalue weighted by molar-refractivity contribution is -0.407. The summed E-state index contributed by atoms with van der Waals surface area (Å²) in [7, 11) is -4.88. The largest absolute Gasteiger partial charge is 0.397 e. The van der Waals surface area contributed by atoms with Gasteiger partial charge in [-0.2, -0.15) is 8.42 Å². The number of Topliss-reactive ketones (excluding diaryl/α,β-unsaturated/α-hetero) is 1. The molecule has 28 nitrogen and oxygen atoms in total. The lowest BCUT2D eigenvalue weighted by Gasteiger charge is -2.59. The third-order valence-corrected chi connectivity index (χ3v) is 20.6.